The van der Waals surface area contributed by atoms with Crippen LogP contribution in [0, 0.1) is 0 Å². The van der Waals surface area contributed by atoms with Crippen molar-refractivity contribution in [2.24, 2.45) is 0 Å². The average molecular weight is 261 g/mol. The van der Waals surface area contributed by atoms with Crippen LogP contribution in [-0.4, -0.2) is 8.96 Å². The molecule has 0 spiro atoms. The summed E-state index contributed by atoms with van der Waals surface area (Å²) in [6.45, 7) is 5.92. The first-order chi connectivity index (χ1) is 5.93. The van der Waals surface area contributed by atoms with Crippen molar-refractivity contribution in [3.63, 3.8) is 0 Å². The van der Waals surface area contributed by atoms with Crippen molar-refractivity contribution in [3.8, 4) is 0 Å². The molecule has 72 valence electrons. The molecule has 1 unspecified atom stereocenters. The van der Waals surface area contributed by atoms with E-state index in [1.54, 1.807) is 0 Å². The van der Waals surface area contributed by atoms with Crippen molar-refractivity contribution < 1.29 is 4.21 Å². The van der Waals surface area contributed by atoms with E-state index in [1.807, 2.05) is 45.0 Å². The van der Waals surface area contributed by atoms with Crippen LogP contribution in [0.4, 0.5) is 0 Å². The molecule has 0 heterocycles. The maximum Gasteiger partial charge on any atom is 0.0595 e. The summed E-state index contributed by atoms with van der Waals surface area (Å²) < 4.78 is 12.7. The largest absolute Gasteiger partial charge is 0.254 e. The third kappa shape index (κ3) is 2.64. The topological polar surface area (TPSA) is 17.1 Å². The van der Waals surface area contributed by atoms with Gasteiger partial charge >= 0.3 is 0 Å². The quantitative estimate of drug-likeness (QED) is 0.757. The summed E-state index contributed by atoms with van der Waals surface area (Å²) in [4.78, 5) is 0.870. The van der Waals surface area contributed by atoms with E-state index in [2.05, 4.69) is 15.9 Å². The lowest BCUT2D eigenvalue weighted by molar-refractivity contribution is 0.648. The summed E-state index contributed by atoms with van der Waals surface area (Å²) in [6, 6.07) is 7.64. The molecule has 0 saturated heterocycles. The van der Waals surface area contributed by atoms with Crippen molar-refractivity contribution in [2.45, 2.75) is 30.4 Å². The zero-order valence-corrected chi connectivity index (χ0v) is 10.4. The fourth-order valence-electron chi connectivity index (χ4n) is 0.925. The van der Waals surface area contributed by atoms with Gasteiger partial charge in [0, 0.05) is 9.22 Å². The first-order valence-corrected chi connectivity index (χ1v) is 6.03. The first kappa shape index (κ1) is 10.9. The predicted molar refractivity (Wildman–Crippen MR) is 60.3 cm³/mol. The van der Waals surface area contributed by atoms with Gasteiger partial charge in [-0.1, -0.05) is 12.1 Å². The lowest BCUT2D eigenvalue weighted by atomic mass is 10.3. The molecule has 0 aliphatic rings. The highest BCUT2D eigenvalue weighted by Gasteiger charge is 2.22. The van der Waals surface area contributed by atoms with Crippen molar-refractivity contribution in [3.05, 3.63) is 28.7 Å². The molecule has 1 rings (SSSR count). The Morgan fingerprint density at radius 1 is 1.23 bits per heavy atom. The van der Waals surface area contributed by atoms with Crippen LogP contribution in [0.5, 0.6) is 0 Å². The molecule has 13 heavy (non-hydrogen) atoms. The molecule has 1 aromatic carbocycles. The summed E-state index contributed by atoms with van der Waals surface area (Å²) in [5.41, 5.74) is 0. The Balaban J connectivity index is 3.10. The highest BCUT2D eigenvalue weighted by atomic mass is 79.9. The van der Waals surface area contributed by atoms with Crippen LogP contribution in [0.25, 0.3) is 0 Å². The smallest absolute Gasteiger partial charge is 0.0595 e. The van der Waals surface area contributed by atoms with Gasteiger partial charge in [0.1, 0.15) is 0 Å². The van der Waals surface area contributed by atoms with Crippen molar-refractivity contribution >= 4 is 26.7 Å². The molecular weight excluding hydrogens is 248 g/mol. The third-order valence-electron chi connectivity index (χ3n) is 1.59. The fraction of sp³-hybridized carbons (Fsp3) is 0.400. The number of halogens is 1. The van der Waals surface area contributed by atoms with Gasteiger partial charge in [-0.25, -0.2) is 0 Å². The molecule has 0 fully saturated rings. The van der Waals surface area contributed by atoms with Gasteiger partial charge in [0.2, 0.25) is 0 Å². The van der Waals surface area contributed by atoms with E-state index in [1.165, 1.54) is 0 Å². The molecule has 0 amide bonds. The minimum absolute atomic E-state index is 0.204. The Hall–Kier alpha value is -0.150. The van der Waals surface area contributed by atoms with Gasteiger partial charge in [0.15, 0.2) is 0 Å². The van der Waals surface area contributed by atoms with Gasteiger partial charge in [-0.15, -0.1) is 0 Å². The van der Waals surface area contributed by atoms with E-state index in [4.69, 9.17) is 0 Å². The Kier molecular flexibility index (Phi) is 3.30. The summed E-state index contributed by atoms with van der Waals surface area (Å²) >= 11 is 3.40. The van der Waals surface area contributed by atoms with Crippen LogP contribution in [-0.2, 0) is 10.8 Å². The Morgan fingerprint density at radius 2 is 1.77 bits per heavy atom. The van der Waals surface area contributed by atoms with E-state index in [0.717, 1.165) is 9.37 Å². The van der Waals surface area contributed by atoms with Crippen molar-refractivity contribution in [1.29, 1.82) is 0 Å². The normalized spacial score (nSPS) is 14.2. The number of hydrogen-bond donors (Lipinski definition) is 0. The highest BCUT2D eigenvalue weighted by molar-refractivity contribution is 9.10. The third-order valence-corrected chi connectivity index (χ3v) is 4.41. The molecule has 0 radical (unpaired) electrons. The second-order valence-corrected chi connectivity index (χ2v) is 6.87. The van der Waals surface area contributed by atoms with E-state index >= 15 is 0 Å². The van der Waals surface area contributed by atoms with Crippen molar-refractivity contribution in [1.82, 2.24) is 0 Å². The predicted octanol–water partition coefficient (Wildman–Crippen LogP) is 3.36. The van der Waals surface area contributed by atoms with Crippen LogP contribution in [0.1, 0.15) is 20.8 Å². The summed E-state index contributed by atoms with van der Waals surface area (Å²) in [6.07, 6.45) is 0. The molecular formula is C10H13BrOS. The highest BCUT2D eigenvalue weighted by Crippen LogP contribution is 2.26. The summed E-state index contributed by atoms with van der Waals surface area (Å²) in [5.74, 6) is 0. The molecule has 0 aliphatic heterocycles. The van der Waals surface area contributed by atoms with Gasteiger partial charge in [-0.2, -0.15) is 0 Å². The lowest BCUT2D eigenvalue weighted by Crippen LogP contribution is -2.21. The van der Waals surface area contributed by atoms with E-state index in [0.29, 0.717) is 0 Å². The minimum Gasteiger partial charge on any atom is -0.254 e. The van der Waals surface area contributed by atoms with Crippen LogP contribution in [0.15, 0.2) is 33.6 Å². The van der Waals surface area contributed by atoms with Crippen LogP contribution < -0.4 is 0 Å². The Morgan fingerprint density at radius 3 is 2.23 bits per heavy atom. The van der Waals surface area contributed by atoms with Gasteiger partial charge < -0.3 is 0 Å². The molecule has 1 nitrogen and oxygen atoms in total. The maximum atomic E-state index is 12.0. The standard InChI is InChI=1S/C10H13BrOS/c1-10(2,3)13(12)9-7-5-4-6-8(9)11/h4-7H,1-3H3. The van der Waals surface area contributed by atoms with Crippen LogP contribution >= 0.6 is 15.9 Å². The maximum absolute atomic E-state index is 12.0. The number of rotatable bonds is 1. The van der Waals surface area contributed by atoms with Crippen molar-refractivity contribution in [2.75, 3.05) is 0 Å². The van der Waals surface area contributed by atoms with Crippen LogP contribution in [0.2, 0.25) is 0 Å². The van der Waals surface area contributed by atoms with E-state index in [-0.39, 0.29) is 4.75 Å². The van der Waals surface area contributed by atoms with Crippen LogP contribution in [0.3, 0.4) is 0 Å². The molecule has 3 heteroatoms. The Bertz CT molecular complexity index is 328. The zero-order chi connectivity index (χ0) is 10.1. The first-order valence-electron chi connectivity index (χ1n) is 4.09. The van der Waals surface area contributed by atoms with Gasteiger partial charge in [0.05, 0.1) is 15.7 Å². The summed E-state index contributed by atoms with van der Waals surface area (Å²) in [5, 5.41) is 0. The molecule has 0 saturated carbocycles. The SMILES string of the molecule is CC(C)(C)S(=O)c1ccccc1Br. The van der Waals surface area contributed by atoms with Gasteiger partial charge in [0.25, 0.3) is 0 Å². The average Bonchev–Trinajstić information content (AvgIpc) is 2.02. The number of benzene rings is 1. The zero-order valence-electron chi connectivity index (χ0n) is 8.00. The Labute approximate surface area is 90.1 Å². The van der Waals surface area contributed by atoms with Gasteiger partial charge in [-0.05, 0) is 48.8 Å². The number of hydrogen-bond acceptors (Lipinski definition) is 1. The summed E-state index contributed by atoms with van der Waals surface area (Å²) in [7, 11) is -0.959. The molecule has 0 bridgehead atoms. The molecule has 0 aliphatic carbocycles. The lowest BCUT2D eigenvalue weighted by Gasteiger charge is -2.18. The molecule has 1 aromatic rings. The van der Waals surface area contributed by atoms with E-state index in [9.17, 15) is 4.21 Å². The van der Waals surface area contributed by atoms with Gasteiger partial charge in [-0.3, -0.25) is 4.21 Å². The second kappa shape index (κ2) is 3.93. The minimum atomic E-state index is -0.959. The van der Waals surface area contributed by atoms with E-state index < -0.39 is 10.8 Å². The second-order valence-electron chi connectivity index (χ2n) is 3.81. The molecule has 0 aromatic heterocycles. The molecule has 1 atom stereocenters. The molecule has 0 N–H and O–H groups in total. The monoisotopic (exact) mass is 260 g/mol. The fourth-order valence-corrected chi connectivity index (χ4v) is 2.76.